The molecule has 0 aliphatic carbocycles. The Morgan fingerprint density at radius 3 is 2.11 bits per heavy atom. The van der Waals surface area contributed by atoms with Crippen molar-refractivity contribution in [1.29, 1.82) is 0 Å². The minimum Gasteiger partial charge on any atom is -0.339 e. The van der Waals surface area contributed by atoms with Crippen molar-refractivity contribution < 1.29 is 14.4 Å². The SMILES string of the molecule is CC(=O)c1ccc(Nc2cnc(C(=O)Nc3cccc(C(C)=O)c3)cn2)cc1. The van der Waals surface area contributed by atoms with Crippen molar-refractivity contribution in [3.05, 3.63) is 77.7 Å². The van der Waals surface area contributed by atoms with Gasteiger partial charge in [-0.15, -0.1) is 0 Å². The number of amides is 1. The molecule has 1 aromatic heterocycles. The van der Waals surface area contributed by atoms with Gasteiger partial charge in [0, 0.05) is 22.5 Å². The summed E-state index contributed by atoms with van der Waals surface area (Å²) in [5.41, 5.74) is 2.53. The Hall–Kier alpha value is -3.87. The van der Waals surface area contributed by atoms with Crippen molar-refractivity contribution in [3.63, 3.8) is 0 Å². The minimum atomic E-state index is -0.425. The number of nitrogens with one attached hydrogen (secondary N) is 2. The van der Waals surface area contributed by atoms with Gasteiger partial charge in [0.05, 0.1) is 12.4 Å². The van der Waals surface area contributed by atoms with Gasteiger partial charge in [0.2, 0.25) is 0 Å². The van der Waals surface area contributed by atoms with E-state index in [1.807, 2.05) is 0 Å². The van der Waals surface area contributed by atoms with E-state index in [4.69, 9.17) is 0 Å². The molecule has 140 valence electrons. The van der Waals surface area contributed by atoms with Crippen LogP contribution in [0.3, 0.4) is 0 Å². The second kappa shape index (κ2) is 8.22. The fourth-order valence-electron chi connectivity index (χ4n) is 2.46. The van der Waals surface area contributed by atoms with E-state index in [1.54, 1.807) is 48.5 Å². The maximum absolute atomic E-state index is 12.3. The zero-order valence-corrected chi connectivity index (χ0v) is 15.4. The summed E-state index contributed by atoms with van der Waals surface area (Å²) in [6.07, 6.45) is 2.80. The normalized spacial score (nSPS) is 10.2. The molecule has 3 rings (SSSR count). The van der Waals surface area contributed by atoms with Crippen LogP contribution in [-0.4, -0.2) is 27.4 Å². The van der Waals surface area contributed by atoms with Crippen LogP contribution in [0.5, 0.6) is 0 Å². The van der Waals surface area contributed by atoms with Crippen molar-refractivity contribution in [3.8, 4) is 0 Å². The monoisotopic (exact) mass is 374 g/mol. The van der Waals surface area contributed by atoms with Gasteiger partial charge in [0.15, 0.2) is 11.6 Å². The number of nitrogens with zero attached hydrogens (tertiary/aromatic N) is 2. The Bertz CT molecular complexity index is 1030. The third-order valence-electron chi connectivity index (χ3n) is 3.98. The van der Waals surface area contributed by atoms with Crippen LogP contribution in [0, 0.1) is 0 Å². The van der Waals surface area contributed by atoms with Gasteiger partial charge in [-0.25, -0.2) is 9.97 Å². The molecule has 7 heteroatoms. The lowest BCUT2D eigenvalue weighted by Gasteiger charge is -2.08. The lowest BCUT2D eigenvalue weighted by Crippen LogP contribution is -2.14. The predicted octanol–water partition coefficient (Wildman–Crippen LogP) is 3.88. The molecule has 7 nitrogen and oxygen atoms in total. The summed E-state index contributed by atoms with van der Waals surface area (Å²) in [7, 11) is 0. The Balaban J connectivity index is 1.66. The quantitative estimate of drug-likeness (QED) is 0.635. The summed E-state index contributed by atoms with van der Waals surface area (Å²) in [5, 5.41) is 5.75. The Morgan fingerprint density at radius 2 is 1.50 bits per heavy atom. The molecule has 2 aromatic carbocycles. The van der Waals surface area contributed by atoms with Crippen molar-refractivity contribution >= 4 is 34.7 Å². The van der Waals surface area contributed by atoms with E-state index < -0.39 is 5.91 Å². The summed E-state index contributed by atoms with van der Waals surface area (Å²) >= 11 is 0. The fraction of sp³-hybridized carbons (Fsp3) is 0.0952. The number of aromatic nitrogens is 2. The van der Waals surface area contributed by atoms with Crippen molar-refractivity contribution in [2.45, 2.75) is 13.8 Å². The molecule has 0 saturated heterocycles. The molecule has 28 heavy (non-hydrogen) atoms. The molecule has 3 aromatic rings. The Labute approximate surface area is 161 Å². The number of hydrogen-bond donors (Lipinski definition) is 2. The summed E-state index contributed by atoms with van der Waals surface area (Å²) in [5.74, 6) is -0.0468. The molecule has 2 N–H and O–H groups in total. The van der Waals surface area contributed by atoms with E-state index in [0.717, 1.165) is 5.69 Å². The minimum absolute atomic E-state index is 0.00412. The highest BCUT2D eigenvalue weighted by atomic mass is 16.2. The van der Waals surface area contributed by atoms with E-state index in [1.165, 1.54) is 26.2 Å². The van der Waals surface area contributed by atoms with Crippen LogP contribution < -0.4 is 10.6 Å². The van der Waals surface area contributed by atoms with Crippen LogP contribution in [-0.2, 0) is 0 Å². The van der Waals surface area contributed by atoms with Crippen LogP contribution in [0.4, 0.5) is 17.2 Å². The predicted molar refractivity (Wildman–Crippen MR) is 106 cm³/mol. The molecule has 0 aliphatic heterocycles. The first-order valence-corrected chi connectivity index (χ1v) is 8.55. The van der Waals surface area contributed by atoms with Crippen molar-refractivity contribution in [1.82, 2.24) is 9.97 Å². The molecule has 0 atom stereocenters. The molecule has 0 spiro atoms. The fourth-order valence-corrected chi connectivity index (χ4v) is 2.46. The Kier molecular flexibility index (Phi) is 5.55. The number of benzene rings is 2. The summed E-state index contributed by atoms with van der Waals surface area (Å²) in [6, 6.07) is 13.6. The largest absolute Gasteiger partial charge is 0.339 e. The van der Waals surface area contributed by atoms with E-state index in [9.17, 15) is 14.4 Å². The number of Topliss-reactive ketones (excluding diaryl/α,β-unsaturated/α-hetero) is 2. The zero-order valence-electron chi connectivity index (χ0n) is 15.4. The van der Waals surface area contributed by atoms with Crippen LogP contribution in [0.1, 0.15) is 45.1 Å². The van der Waals surface area contributed by atoms with Crippen molar-refractivity contribution in [2.75, 3.05) is 10.6 Å². The van der Waals surface area contributed by atoms with Gasteiger partial charge in [0.1, 0.15) is 11.5 Å². The first-order chi connectivity index (χ1) is 13.4. The van der Waals surface area contributed by atoms with E-state index in [0.29, 0.717) is 22.6 Å². The highest BCUT2D eigenvalue weighted by Gasteiger charge is 2.10. The van der Waals surface area contributed by atoms with Gasteiger partial charge in [-0.3, -0.25) is 14.4 Å². The van der Waals surface area contributed by atoms with Crippen LogP contribution in [0.15, 0.2) is 60.9 Å². The molecule has 1 amide bonds. The number of hydrogen-bond acceptors (Lipinski definition) is 6. The molecule has 0 bridgehead atoms. The number of ketones is 2. The summed E-state index contributed by atoms with van der Waals surface area (Å²) in [6.45, 7) is 2.97. The van der Waals surface area contributed by atoms with Crippen molar-refractivity contribution in [2.24, 2.45) is 0 Å². The molecular weight excluding hydrogens is 356 g/mol. The molecule has 0 radical (unpaired) electrons. The first kappa shape index (κ1) is 18.9. The van der Waals surface area contributed by atoms with Gasteiger partial charge in [-0.05, 0) is 50.2 Å². The molecular formula is C21H18N4O3. The highest BCUT2D eigenvalue weighted by molar-refractivity contribution is 6.03. The zero-order chi connectivity index (χ0) is 20.1. The van der Waals surface area contributed by atoms with Gasteiger partial charge >= 0.3 is 0 Å². The Morgan fingerprint density at radius 1 is 0.786 bits per heavy atom. The first-order valence-electron chi connectivity index (χ1n) is 8.55. The lowest BCUT2D eigenvalue weighted by atomic mass is 10.1. The average Bonchev–Trinajstić information content (AvgIpc) is 2.69. The third kappa shape index (κ3) is 4.64. The second-order valence-electron chi connectivity index (χ2n) is 6.14. The number of carbonyl (C=O) groups is 3. The molecule has 1 heterocycles. The smallest absolute Gasteiger partial charge is 0.275 e. The lowest BCUT2D eigenvalue weighted by molar-refractivity contribution is 0.100. The molecule has 0 unspecified atom stereocenters. The van der Waals surface area contributed by atoms with E-state index >= 15 is 0 Å². The maximum Gasteiger partial charge on any atom is 0.275 e. The van der Waals surface area contributed by atoms with Gasteiger partial charge in [0.25, 0.3) is 5.91 Å². The van der Waals surface area contributed by atoms with Crippen LogP contribution in [0.2, 0.25) is 0 Å². The number of rotatable bonds is 6. The topological polar surface area (TPSA) is 101 Å². The molecule has 0 aliphatic rings. The van der Waals surface area contributed by atoms with Gasteiger partial charge in [-0.2, -0.15) is 0 Å². The third-order valence-corrected chi connectivity index (χ3v) is 3.98. The number of anilines is 3. The number of carbonyl (C=O) groups excluding carboxylic acids is 3. The maximum atomic E-state index is 12.3. The standard InChI is InChI=1S/C21H18N4O3/c1-13(26)15-6-8-17(9-7-15)24-20-12-22-19(11-23-20)21(28)25-18-5-3-4-16(10-18)14(2)27/h3-12H,1-2H3,(H,23,24)(H,25,28). The summed E-state index contributed by atoms with van der Waals surface area (Å²) in [4.78, 5) is 43.4. The van der Waals surface area contributed by atoms with E-state index in [2.05, 4.69) is 20.6 Å². The molecule has 0 fully saturated rings. The van der Waals surface area contributed by atoms with Crippen LogP contribution >= 0.6 is 0 Å². The average molecular weight is 374 g/mol. The van der Waals surface area contributed by atoms with E-state index in [-0.39, 0.29) is 17.3 Å². The summed E-state index contributed by atoms with van der Waals surface area (Å²) < 4.78 is 0. The molecule has 0 saturated carbocycles. The highest BCUT2D eigenvalue weighted by Crippen LogP contribution is 2.16. The van der Waals surface area contributed by atoms with Gasteiger partial charge < -0.3 is 10.6 Å². The van der Waals surface area contributed by atoms with Crippen LogP contribution in [0.25, 0.3) is 0 Å². The van der Waals surface area contributed by atoms with Gasteiger partial charge in [-0.1, -0.05) is 12.1 Å². The second-order valence-corrected chi connectivity index (χ2v) is 6.14.